The Labute approximate surface area is 185 Å². The summed E-state index contributed by atoms with van der Waals surface area (Å²) in [4.78, 5) is 28.8. The highest BCUT2D eigenvalue weighted by Gasteiger charge is 2.21. The molecule has 0 radical (unpaired) electrons. The lowest BCUT2D eigenvalue weighted by molar-refractivity contribution is -0.121. The molecule has 3 amide bonds. The maximum absolute atomic E-state index is 12.3. The van der Waals surface area contributed by atoms with Gasteiger partial charge in [0.25, 0.3) is 0 Å². The van der Waals surface area contributed by atoms with Crippen LogP contribution in [0, 0.1) is 0 Å². The topological polar surface area (TPSA) is 102 Å². The van der Waals surface area contributed by atoms with E-state index in [1.165, 1.54) is 5.56 Å². The smallest absolute Gasteiger partial charge is 0.325 e. The fourth-order valence-electron chi connectivity index (χ4n) is 3.91. The van der Waals surface area contributed by atoms with Crippen LogP contribution in [0.25, 0.3) is 0 Å². The van der Waals surface area contributed by atoms with E-state index in [4.69, 9.17) is 18.9 Å². The van der Waals surface area contributed by atoms with Gasteiger partial charge >= 0.3 is 6.03 Å². The lowest BCUT2D eigenvalue weighted by atomic mass is 10.1. The van der Waals surface area contributed by atoms with E-state index in [0.717, 1.165) is 44.2 Å². The maximum Gasteiger partial charge on any atom is 0.325 e. The zero-order valence-electron chi connectivity index (χ0n) is 17.5. The van der Waals surface area contributed by atoms with Crippen LogP contribution in [0.3, 0.4) is 0 Å². The molecule has 2 aromatic rings. The number of hydrogen-bond donors (Lipinski definition) is 2. The molecule has 3 aliphatic rings. The van der Waals surface area contributed by atoms with Crippen LogP contribution in [0.5, 0.6) is 23.0 Å². The number of carbonyl (C=O) groups excluding carboxylic acids is 2. The fourth-order valence-corrected chi connectivity index (χ4v) is 3.91. The first kappa shape index (κ1) is 20.4. The first-order chi connectivity index (χ1) is 15.6. The van der Waals surface area contributed by atoms with Gasteiger partial charge in [-0.25, -0.2) is 4.79 Å². The number of piperazine rings is 1. The summed E-state index contributed by atoms with van der Waals surface area (Å²) in [5, 5.41) is 5.02. The van der Waals surface area contributed by atoms with Gasteiger partial charge in [0.05, 0.1) is 6.54 Å². The molecule has 168 valence electrons. The second-order valence-electron chi connectivity index (χ2n) is 7.81. The molecule has 0 bridgehead atoms. The number of carbonyl (C=O) groups is 2. The second kappa shape index (κ2) is 8.93. The van der Waals surface area contributed by atoms with E-state index in [9.17, 15) is 9.59 Å². The van der Waals surface area contributed by atoms with E-state index in [2.05, 4.69) is 15.5 Å². The van der Waals surface area contributed by atoms with Gasteiger partial charge in [-0.2, -0.15) is 0 Å². The van der Waals surface area contributed by atoms with Crippen LogP contribution in [0.4, 0.5) is 10.5 Å². The molecule has 3 heterocycles. The molecule has 5 rings (SSSR count). The van der Waals surface area contributed by atoms with E-state index < -0.39 is 6.03 Å². The van der Waals surface area contributed by atoms with Crippen LogP contribution < -0.4 is 29.6 Å². The highest BCUT2D eigenvalue weighted by Crippen LogP contribution is 2.34. The highest BCUT2D eigenvalue weighted by molar-refractivity contribution is 6.01. The number of nitrogens with one attached hydrogen (secondary N) is 2. The van der Waals surface area contributed by atoms with Gasteiger partial charge in [0.2, 0.25) is 19.5 Å². The van der Waals surface area contributed by atoms with Crippen molar-refractivity contribution in [3.05, 3.63) is 42.0 Å². The third kappa shape index (κ3) is 4.71. The molecule has 3 aliphatic heterocycles. The van der Waals surface area contributed by atoms with E-state index in [-0.39, 0.29) is 26.0 Å². The number of anilines is 1. The highest BCUT2D eigenvalue weighted by atomic mass is 16.7. The number of imide groups is 1. The van der Waals surface area contributed by atoms with Crippen molar-refractivity contribution in [3.8, 4) is 23.0 Å². The molecule has 2 N–H and O–H groups in total. The molecular formula is C22H24N4O6. The van der Waals surface area contributed by atoms with Gasteiger partial charge in [0.1, 0.15) is 0 Å². The number of amides is 3. The van der Waals surface area contributed by atoms with Crippen LogP contribution in [0.15, 0.2) is 36.4 Å². The summed E-state index contributed by atoms with van der Waals surface area (Å²) in [6.45, 7) is 4.60. The molecular weight excluding hydrogens is 416 g/mol. The summed E-state index contributed by atoms with van der Waals surface area (Å²) in [6, 6.07) is 10.5. The molecule has 10 nitrogen and oxygen atoms in total. The van der Waals surface area contributed by atoms with Crippen LogP contribution in [0.2, 0.25) is 0 Å². The summed E-state index contributed by atoms with van der Waals surface area (Å²) in [5.74, 6) is 2.42. The van der Waals surface area contributed by atoms with Crippen molar-refractivity contribution in [3.63, 3.8) is 0 Å². The van der Waals surface area contributed by atoms with Crippen molar-refractivity contribution >= 4 is 17.6 Å². The van der Waals surface area contributed by atoms with Crippen molar-refractivity contribution in [1.82, 2.24) is 15.1 Å². The number of rotatable bonds is 5. The van der Waals surface area contributed by atoms with E-state index in [1.807, 2.05) is 23.1 Å². The Kier molecular flexibility index (Phi) is 5.70. The average Bonchev–Trinajstić information content (AvgIpc) is 3.43. The fraction of sp³-hybridized carbons (Fsp3) is 0.364. The van der Waals surface area contributed by atoms with Crippen LogP contribution >= 0.6 is 0 Å². The largest absolute Gasteiger partial charge is 0.454 e. The zero-order valence-corrected chi connectivity index (χ0v) is 17.5. The van der Waals surface area contributed by atoms with Gasteiger partial charge < -0.3 is 24.3 Å². The summed E-state index contributed by atoms with van der Waals surface area (Å²) in [6.07, 6.45) is 0. The minimum Gasteiger partial charge on any atom is -0.454 e. The van der Waals surface area contributed by atoms with Crippen molar-refractivity contribution in [2.45, 2.75) is 6.54 Å². The number of benzene rings is 2. The Morgan fingerprint density at radius 1 is 0.781 bits per heavy atom. The van der Waals surface area contributed by atoms with Gasteiger partial charge in [0.15, 0.2) is 23.0 Å². The number of urea groups is 1. The molecule has 0 atom stereocenters. The third-order valence-electron chi connectivity index (χ3n) is 5.56. The van der Waals surface area contributed by atoms with E-state index >= 15 is 0 Å². The van der Waals surface area contributed by atoms with Crippen molar-refractivity contribution < 1.29 is 28.5 Å². The maximum atomic E-state index is 12.3. The molecule has 0 aliphatic carbocycles. The van der Waals surface area contributed by atoms with Crippen LogP contribution in [-0.4, -0.2) is 68.0 Å². The molecule has 2 aromatic carbocycles. The standard InChI is InChI=1S/C22H24N4O6/c27-21(24-22(28)23-16-2-4-18-20(10-16)32-14-30-18)12-26-7-5-25(6-8-26)11-15-1-3-17-19(9-15)31-13-29-17/h1-4,9-10H,5-8,11-14H2,(H2,23,24,27,28). The Morgan fingerprint density at radius 2 is 1.41 bits per heavy atom. The summed E-state index contributed by atoms with van der Waals surface area (Å²) < 4.78 is 21.3. The van der Waals surface area contributed by atoms with E-state index in [0.29, 0.717) is 17.2 Å². The Bertz CT molecular complexity index is 1020. The predicted molar refractivity (Wildman–Crippen MR) is 114 cm³/mol. The van der Waals surface area contributed by atoms with Gasteiger partial charge in [-0.15, -0.1) is 0 Å². The Morgan fingerprint density at radius 3 is 2.16 bits per heavy atom. The Hall–Kier alpha value is -3.50. The molecule has 10 heteroatoms. The number of ether oxygens (including phenoxy) is 4. The zero-order chi connectivity index (χ0) is 21.9. The number of hydrogen-bond acceptors (Lipinski definition) is 8. The molecule has 0 unspecified atom stereocenters. The summed E-state index contributed by atoms with van der Waals surface area (Å²) >= 11 is 0. The van der Waals surface area contributed by atoms with Crippen molar-refractivity contribution in [2.75, 3.05) is 51.6 Å². The molecule has 32 heavy (non-hydrogen) atoms. The Balaban J connectivity index is 1.04. The SMILES string of the molecule is O=C(CN1CCN(Cc2ccc3c(c2)OCO3)CC1)NC(=O)Nc1ccc2c(c1)OCO2. The average molecular weight is 440 g/mol. The number of nitrogens with zero attached hydrogens (tertiary/aromatic N) is 2. The lowest BCUT2D eigenvalue weighted by Crippen LogP contribution is -2.50. The number of fused-ring (bicyclic) bond motifs is 2. The third-order valence-corrected chi connectivity index (χ3v) is 5.56. The van der Waals surface area contributed by atoms with Crippen molar-refractivity contribution in [2.24, 2.45) is 0 Å². The predicted octanol–water partition coefficient (Wildman–Crippen LogP) is 1.61. The van der Waals surface area contributed by atoms with Gasteiger partial charge in [-0.05, 0) is 29.8 Å². The molecule has 0 spiro atoms. The summed E-state index contributed by atoms with van der Waals surface area (Å²) in [7, 11) is 0. The molecule has 0 aromatic heterocycles. The minimum atomic E-state index is -0.574. The molecule has 0 saturated carbocycles. The quantitative estimate of drug-likeness (QED) is 0.723. The lowest BCUT2D eigenvalue weighted by Gasteiger charge is -2.34. The van der Waals surface area contributed by atoms with Gasteiger partial charge in [0, 0.05) is 44.5 Å². The van der Waals surface area contributed by atoms with E-state index in [1.54, 1.807) is 18.2 Å². The first-order valence-electron chi connectivity index (χ1n) is 10.5. The monoisotopic (exact) mass is 440 g/mol. The van der Waals surface area contributed by atoms with Crippen molar-refractivity contribution in [1.29, 1.82) is 0 Å². The molecule has 1 saturated heterocycles. The molecule has 1 fully saturated rings. The minimum absolute atomic E-state index is 0.160. The second-order valence-corrected chi connectivity index (χ2v) is 7.81. The normalized spacial score (nSPS) is 17.2. The van der Waals surface area contributed by atoms with Crippen LogP contribution in [0.1, 0.15) is 5.56 Å². The van der Waals surface area contributed by atoms with Crippen LogP contribution in [-0.2, 0) is 11.3 Å². The first-order valence-corrected chi connectivity index (χ1v) is 10.5. The van der Waals surface area contributed by atoms with Gasteiger partial charge in [-0.3, -0.25) is 19.9 Å². The summed E-state index contributed by atoms with van der Waals surface area (Å²) in [5.41, 5.74) is 1.69. The van der Waals surface area contributed by atoms with Gasteiger partial charge in [-0.1, -0.05) is 6.07 Å².